The van der Waals surface area contributed by atoms with E-state index in [9.17, 15) is 9.59 Å². The normalized spacial score (nSPS) is 15.1. The van der Waals surface area contributed by atoms with Gasteiger partial charge in [0, 0.05) is 0 Å². The second-order valence-corrected chi connectivity index (χ2v) is 7.43. The number of benzene rings is 2. The van der Waals surface area contributed by atoms with E-state index in [0.717, 1.165) is 5.56 Å². The van der Waals surface area contributed by atoms with Crippen LogP contribution in [0, 0.1) is 0 Å². The van der Waals surface area contributed by atoms with E-state index in [2.05, 4.69) is 20.7 Å². The van der Waals surface area contributed by atoms with E-state index < -0.39 is 5.91 Å². The second-order valence-electron chi connectivity index (χ2n) is 6.64. The molecule has 0 saturated heterocycles. The Bertz CT molecular complexity index is 1150. The number of aromatic nitrogens is 3. The van der Waals surface area contributed by atoms with E-state index in [-0.39, 0.29) is 30.0 Å². The van der Waals surface area contributed by atoms with Gasteiger partial charge in [-0.1, -0.05) is 35.3 Å². The lowest BCUT2D eigenvalue weighted by molar-refractivity contribution is -0.118. The Kier molecular flexibility index (Phi) is 5.97. The lowest BCUT2D eigenvalue weighted by Gasteiger charge is -2.24. The first-order chi connectivity index (χ1) is 15.0. The SMILES string of the molecule is COc1cc([C@@H]2CC(=O)Nc3ncnn32)ccc1OCC(=O)Nc1cccc(Cl)c1Cl. The summed E-state index contributed by atoms with van der Waals surface area (Å²) < 4.78 is 12.7. The average molecular weight is 462 g/mol. The van der Waals surface area contributed by atoms with E-state index in [1.165, 1.54) is 13.4 Å². The van der Waals surface area contributed by atoms with Crippen LogP contribution in [0.2, 0.25) is 10.0 Å². The van der Waals surface area contributed by atoms with Gasteiger partial charge >= 0.3 is 0 Å². The summed E-state index contributed by atoms with van der Waals surface area (Å²) in [5, 5.41) is 10.1. The quantitative estimate of drug-likeness (QED) is 0.581. The molecule has 1 aromatic heterocycles. The summed E-state index contributed by atoms with van der Waals surface area (Å²) in [6.07, 6.45) is 1.59. The van der Waals surface area contributed by atoms with E-state index in [1.807, 2.05) is 0 Å². The fourth-order valence-corrected chi connectivity index (χ4v) is 3.55. The number of rotatable bonds is 6. The molecule has 3 aromatic rings. The molecule has 2 heterocycles. The van der Waals surface area contributed by atoms with Gasteiger partial charge in [-0.2, -0.15) is 10.1 Å². The van der Waals surface area contributed by atoms with Crippen LogP contribution in [-0.2, 0) is 9.59 Å². The predicted molar refractivity (Wildman–Crippen MR) is 115 cm³/mol. The van der Waals surface area contributed by atoms with Gasteiger partial charge in [0.1, 0.15) is 6.33 Å². The van der Waals surface area contributed by atoms with Gasteiger partial charge in [0.25, 0.3) is 5.91 Å². The third kappa shape index (κ3) is 4.42. The number of halogens is 2. The van der Waals surface area contributed by atoms with Crippen LogP contribution in [0.3, 0.4) is 0 Å². The molecule has 4 rings (SSSR count). The molecule has 0 fully saturated rings. The smallest absolute Gasteiger partial charge is 0.262 e. The average Bonchev–Trinajstić information content (AvgIpc) is 3.23. The van der Waals surface area contributed by atoms with Gasteiger partial charge in [-0.15, -0.1) is 0 Å². The van der Waals surface area contributed by atoms with E-state index in [1.54, 1.807) is 41.1 Å². The van der Waals surface area contributed by atoms with E-state index in [4.69, 9.17) is 32.7 Å². The fraction of sp³-hybridized carbons (Fsp3) is 0.200. The molecular weight excluding hydrogens is 445 g/mol. The molecule has 0 bridgehead atoms. The third-order valence-corrected chi connectivity index (χ3v) is 5.47. The molecule has 2 aromatic carbocycles. The maximum Gasteiger partial charge on any atom is 0.262 e. The minimum atomic E-state index is -0.411. The summed E-state index contributed by atoms with van der Waals surface area (Å²) in [5.41, 5.74) is 1.19. The number of nitrogens with one attached hydrogen (secondary N) is 2. The number of ether oxygens (including phenoxy) is 2. The zero-order valence-corrected chi connectivity index (χ0v) is 17.8. The Hall–Kier alpha value is -3.30. The van der Waals surface area contributed by atoms with Gasteiger partial charge in [0.2, 0.25) is 11.9 Å². The minimum Gasteiger partial charge on any atom is -0.493 e. The molecule has 2 N–H and O–H groups in total. The highest BCUT2D eigenvalue weighted by molar-refractivity contribution is 6.44. The highest BCUT2D eigenvalue weighted by Crippen LogP contribution is 2.35. The summed E-state index contributed by atoms with van der Waals surface area (Å²) >= 11 is 12.0. The lowest BCUT2D eigenvalue weighted by atomic mass is 10.0. The molecule has 0 unspecified atom stereocenters. The molecular formula is C20H17Cl2N5O4. The fourth-order valence-electron chi connectivity index (χ4n) is 3.21. The van der Waals surface area contributed by atoms with Crippen molar-refractivity contribution >= 4 is 46.7 Å². The van der Waals surface area contributed by atoms with Crippen LogP contribution >= 0.6 is 23.2 Å². The van der Waals surface area contributed by atoms with Crippen molar-refractivity contribution in [1.82, 2.24) is 14.8 Å². The van der Waals surface area contributed by atoms with Gasteiger partial charge in [-0.3, -0.25) is 14.9 Å². The highest BCUT2D eigenvalue weighted by Gasteiger charge is 2.28. The molecule has 0 radical (unpaired) electrons. The summed E-state index contributed by atoms with van der Waals surface area (Å²) in [6, 6.07) is 9.83. The number of amides is 2. The molecule has 1 aliphatic rings. The molecule has 11 heteroatoms. The Morgan fingerprint density at radius 1 is 1.29 bits per heavy atom. The Morgan fingerprint density at radius 3 is 2.94 bits per heavy atom. The maximum atomic E-state index is 12.3. The van der Waals surface area contributed by atoms with Crippen molar-refractivity contribution in [2.45, 2.75) is 12.5 Å². The van der Waals surface area contributed by atoms with Crippen LogP contribution in [-0.4, -0.2) is 40.3 Å². The number of nitrogens with zero attached hydrogens (tertiary/aromatic N) is 3. The Labute approximate surface area is 187 Å². The zero-order chi connectivity index (χ0) is 22.0. The minimum absolute atomic E-state index is 0.152. The number of fused-ring (bicyclic) bond motifs is 1. The van der Waals surface area contributed by atoms with Gasteiger partial charge in [-0.05, 0) is 29.8 Å². The number of methoxy groups -OCH3 is 1. The van der Waals surface area contributed by atoms with Crippen molar-refractivity contribution < 1.29 is 19.1 Å². The van der Waals surface area contributed by atoms with E-state index in [0.29, 0.717) is 28.2 Å². The molecule has 160 valence electrons. The number of hydrogen-bond donors (Lipinski definition) is 2. The van der Waals surface area contributed by atoms with Crippen molar-refractivity contribution in [2.24, 2.45) is 0 Å². The molecule has 0 spiro atoms. The first kappa shape index (κ1) is 21.0. The third-order valence-electron chi connectivity index (χ3n) is 4.66. The number of anilines is 2. The van der Waals surface area contributed by atoms with Crippen LogP contribution in [0.5, 0.6) is 11.5 Å². The molecule has 2 amide bonds. The number of hydrogen-bond acceptors (Lipinski definition) is 6. The molecule has 9 nitrogen and oxygen atoms in total. The van der Waals surface area contributed by atoms with Crippen molar-refractivity contribution in [3.8, 4) is 11.5 Å². The summed E-state index contributed by atoms with van der Waals surface area (Å²) in [5.74, 6) is 0.612. The van der Waals surface area contributed by atoms with Crippen LogP contribution in [0.1, 0.15) is 18.0 Å². The van der Waals surface area contributed by atoms with Crippen molar-refractivity contribution in [1.29, 1.82) is 0 Å². The number of carbonyl (C=O) groups excluding carboxylic acids is 2. The first-order valence-corrected chi connectivity index (χ1v) is 9.96. The van der Waals surface area contributed by atoms with Crippen LogP contribution in [0.15, 0.2) is 42.7 Å². The summed E-state index contributed by atoms with van der Waals surface area (Å²) in [6.45, 7) is -0.266. The topological polar surface area (TPSA) is 107 Å². The molecule has 1 aliphatic heterocycles. The first-order valence-electron chi connectivity index (χ1n) is 9.20. The van der Waals surface area contributed by atoms with Crippen molar-refractivity contribution in [3.63, 3.8) is 0 Å². The second kappa shape index (κ2) is 8.83. The van der Waals surface area contributed by atoms with Gasteiger partial charge < -0.3 is 14.8 Å². The molecule has 0 saturated carbocycles. The summed E-state index contributed by atoms with van der Waals surface area (Å²) in [4.78, 5) is 28.3. The lowest BCUT2D eigenvalue weighted by Crippen LogP contribution is -2.29. The number of carbonyl (C=O) groups is 2. The van der Waals surface area contributed by atoms with E-state index >= 15 is 0 Å². The maximum absolute atomic E-state index is 12.3. The monoisotopic (exact) mass is 461 g/mol. The van der Waals surface area contributed by atoms with Gasteiger partial charge in [0.05, 0.1) is 35.3 Å². The largest absolute Gasteiger partial charge is 0.493 e. The molecule has 0 aliphatic carbocycles. The molecule has 31 heavy (non-hydrogen) atoms. The van der Waals surface area contributed by atoms with Crippen LogP contribution < -0.4 is 20.1 Å². The standard InChI is InChI=1S/C20H17Cl2N5O4/c1-30-16-7-11(14-8-17(28)26-20-23-10-24-27(14)20)5-6-15(16)31-9-18(29)25-13-4-2-3-12(21)19(13)22/h2-7,10,14H,8-9H2,1H3,(H,25,29)(H,23,24,26,28)/t14-/m0/s1. The van der Waals surface area contributed by atoms with Crippen LogP contribution in [0.4, 0.5) is 11.6 Å². The Morgan fingerprint density at radius 2 is 2.13 bits per heavy atom. The molecule has 1 atom stereocenters. The highest BCUT2D eigenvalue weighted by atomic mass is 35.5. The predicted octanol–water partition coefficient (Wildman–Crippen LogP) is 3.54. The van der Waals surface area contributed by atoms with Crippen molar-refractivity contribution in [2.75, 3.05) is 24.4 Å². The Balaban J connectivity index is 1.47. The zero-order valence-electron chi connectivity index (χ0n) is 16.3. The van der Waals surface area contributed by atoms with Gasteiger partial charge in [0.15, 0.2) is 18.1 Å². The summed E-state index contributed by atoms with van der Waals surface area (Å²) in [7, 11) is 1.49. The van der Waals surface area contributed by atoms with Crippen molar-refractivity contribution in [3.05, 3.63) is 58.3 Å². The van der Waals surface area contributed by atoms with Crippen LogP contribution in [0.25, 0.3) is 0 Å². The van der Waals surface area contributed by atoms with Gasteiger partial charge in [-0.25, -0.2) is 4.68 Å².